The van der Waals surface area contributed by atoms with Crippen LogP contribution in [0.1, 0.15) is 23.4 Å². The molecule has 1 unspecified atom stereocenters. The molecule has 17 heavy (non-hydrogen) atoms. The van der Waals surface area contributed by atoms with Gasteiger partial charge >= 0.3 is 0 Å². The van der Waals surface area contributed by atoms with Crippen LogP contribution in [0.2, 0.25) is 0 Å². The van der Waals surface area contributed by atoms with Gasteiger partial charge in [-0.2, -0.15) is 0 Å². The van der Waals surface area contributed by atoms with Crippen molar-refractivity contribution in [1.29, 1.82) is 0 Å². The molecule has 2 heterocycles. The Morgan fingerprint density at radius 1 is 1.47 bits per heavy atom. The van der Waals surface area contributed by atoms with E-state index in [0.717, 1.165) is 15.9 Å². The Labute approximate surface area is 114 Å². The van der Waals surface area contributed by atoms with Crippen LogP contribution in [0.3, 0.4) is 0 Å². The SMILES string of the molecule is Cc1cnc(N(C)C(C)c2cccs2)c(Br)c1. The lowest BCUT2D eigenvalue weighted by molar-refractivity contribution is 0.740. The van der Waals surface area contributed by atoms with Crippen LogP contribution in [0.25, 0.3) is 0 Å². The van der Waals surface area contributed by atoms with E-state index in [4.69, 9.17) is 0 Å². The topological polar surface area (TPSA) is 16.1 Å². The third kappa shape index (κ3) is 2.69. The average Bonchev–Trinajstić information content (AvgIpc) is 2.80. The quantitative estimate of drug-likeness (QED) is 0.834. The smallest absolute Gasteiger partial charge is 0.143 e. The van der Waals surface area contributed by atoms with E-state index >= 15 is 0 Å². The maximum absolute atomic E-state index is 4.49. The Hall–Kier alpha value is -0.870. The predicted octanol–water partition coefficient (Wildman–Crippen LogP) is 4.41. The number of pyridine rings is 1. The highest BCUT2D eigenvalue weighted by Crippen LogP contribution is 2.31. The summed E-state index contributed by atoms with van der Waals surface area (Å²) in [6, 6.07) is 6.68. The molecule has 0 saturated heterocycles. The van der Waals surface area contributed by atoms with Crippen molar-refractivity contribution < 1.29 is 0 Å². The fourth-order valence-electron chi connectivity index (χ4n) is 1.69. The Morgan fingerprint density at radius 3 is 2.82 bits per heavy atom. The van der Waals surface area contributed by atoms with Crippen LogP contribution in [0.5, 0.6) is 0 Å². The fourth-order valence-corrected chi connectivity index (χ4v) is 3.26. The van der Waals surface area contributed by atoms with Gasteiger partial charge in [-0.25, -0.2) is 4.98 Å². The number of aryl methyl sites for hydroxylation is 1. The molecular formula is C13H15BrN2S. The largest absolute Gasteiger partial charge is 0.351 e. The highest BCUT2D eigenvalue weighted by Gasteiger charge is 2.16. The van der Waals surface area contributed by atoms with Gasteiger partial charge in [-0.1, -0.05) is 6.07 Å². The van der Waals surface area contributed by atoms with Crippen LogP contribution in [0.4, 0.5) is 5.82 Å². The van der Waals surface area contributed by atoms with Crippen molar-refractivity contribution >= 4 is 33.1 Å². The Balaban J connectivity index is 2.28. The van der Waals surface area contributed by atoms with E-state index in [-0.39, 0.29) is 0 Å². The number of aromatic nitrogens is 1. The molecule has 0 N–H and O–H groups in total. The number of thiophene rings is 1. The molecule has 0 aromatic carbocycles. The lowest BCUT2D eigenvalue weighted by Crippen LogP contribution is -2.22. The van der Waals surface area contributed by atoms with Crippen molar-refractivity contribution in [2.45, 2.75) is 19.9 Å². The third-order valence-electron chi connectivity index (χ3n) is 2.83. The summed E-state index contributed by atoms with van der Waals surface area (Å²) in [5, 5.41) is 2.11. The molecule has 0 amide bonds. The van der Waals surface area contributed by atoms with E-state index in [1.165, 1.54) is 4.88 Å². The molecule has 90 valence electrons. The first kappa shape index (κ1) is 12.6. The maximum atomic E-state index is 4.49. The number of halogens is 1. The predicted molar refractivity (Wildman–Crippen MR) is 77.8 cm³/mol. The molecule has 1 atom stereocenters. The first-order valence-corrected chi connectivity index (χ1v) is 7.15. The molecule has 0 saturated carbocycles. The standard InChI is InChI=1S/C13H15BrN2S/c1-9-7-11(14)13(15-8-9)16(3)10(2)12-5-4-6-17-12/h4-8,10H,1-3H3. The summed E-state index contributed by atoms with van der Waals surface area (Å²) in [6.45, 7) is 4.24. The normalized spacial score (nSPS) is 12.5. The zero-order chi connectivity index (χ0) is 12.4. The van der Waals surface area contributed by atoms with E-state index in [9.17, 15) is 0 Å². The second-order valence-corrected chi connectivity index (χ2v) is 5.95. The second-order valence-electron chi connectivity index (χ2n) is 4.12. The van der Waals surface area contributed by atoms with E-state index < -0.39 is 0 Å². The van der Waals surface area contributed by atoms with E-state index in [0.29, 0.717) is 6.04 Å². The van der Waals surface area contributed by atoms with Crippen LogP contribution < -0.4 is 4.90 Å². The van der Waals surface area contributed by atoms with Gasteiger partial charge in [0.15, 0.2) is 0 Å². The van der Waals surface area contributed by atoms with Crippen LogP contribution in [-0.2, 0) is 0 Å². The zero-order valence-electron chi connectivity index (χ0n) is 10.1. The zero-order valence-corrected chi connectivity index (χ0v) is 12.5. The summed E-state index contributed by atoms with van der Waals surface area (Å²) in [6.07, 6.45) is 1.90. The first-order chi connectivity index (χ1) is 8.09. The van der Waals surface area contributed by atoms with Crippen LogP contribution in [0.15, 0.2) is 34.2 Å². The highest BCUT2D eigenvalue weighted by molar-refractivity contribution is 9.10. The molecule has 0 radical (unpaired) electrons. The summed E-state index contributed by atoms with van der Waals surface area (Å²) >= 11 is 5.36. The van der Waals surface area contributed by atoms with Gasteiger partial charge in [-0.05, 0) is 52.9 Å². The van der Waals surface area contributed by atoms with Crippen molar-refractivity contribution in [3.05, 3.63) is 44.7 Å². The number of hydrogen-bond donors (Lipinski definition) is 0. The Bertz CT molecular complexity index is 496. The van der Waals surface area contributed by atoms with E-state index in [1.807, 2.05) is 13.1 Å². The van der Waals surface area contributed by atoms with Crippen LogP contribution in [0, 0.1) is 6.92 Å². The van der Waals surface area contributed by atoms with Gasteiger partial charge in [0.25, 0.3) is 0 Å². The number of anilines is 1. The Kier molecular flexibility index (Phi) is 3.84. The van der Waals surface area contributed by atoms with Crippen molar-refractivity contribution in [3.63, 3.8) is 0 Å². The lowest BCUT2D eigenvalue weighted by Gasteiger charge is -2.26. The molecule has 2 aromatic rings. The molecule has 0 fully saturated rings. The lowest BCUT2D eigenvalue weighted by atomic mass is 10.2. The molecule has 0 aliphatic heterocycles. The molecule has 0 aliphatic carbocycles. The maximum Gasteiger partial charge on any atom is 0.143 e. The monoisotopic (exact) mass is 310 g/mol. The van der Waals surface area contributed by atoms with Crippen molar-refractivity contribution in [3.8, 4) is 0 Å². The van der Waals surface area contributed by atoms with Crippen LogP contribution in [-0.4, -0.2) is 12.0 Å². The summed E-state index contributed by atoms with van der Waals surface area (Å²) in [5.41, 5.74) is 1.16. The van der Waals surface area contributed by atoms with Crippen molar-refractivity contribution in [2.75, 3.05) is 11.9 Å². The minimum absolute atomic E-state index is 0.335. The number of rotatable bonds is 3. The number of nitrogens with zero attached hydrogens (tertiary/aromatic N) is 2. The molecule has 0 aliphatic rings. The average molecular weight is 311 g/mol. The minimum Gasteiger partial charge on any atom is -0.351 e. The summed E-state index contributed by atoms with van der Waals surface area (Å²) in [5.74, 6) is 0.983. The van der Waals surface area contributed by atoms with Crippen molar-refractivity contribution in [2.24, 2.45) is 0 Å². The molecule has 4 heteroatoms. The molecule has 2 rings (SSSR count). The first-order valence-electron chi connectivity index (χ1n) is 5.48. The van der Waals surface area contributed by atoms with Gasteiger partial charge in [-0.3, -0.25) is 0 Å². The third-order valence-corrected chi connectivity index (χ3v) is 4.45. The van der Waals surface area contributed by atoms with Gasteiger partial charge in [0.1, 0.15) is 5.82 Å². The molecule has 0 bridgehead atoms. The molecule has 2 nitrogen and oxygen atoms in total. The van der Waals surface area contributed by atoms with Gasteiger partial charge in [-0.15, -0.1) is 11.3 Å². The number of hydrogen-bond acceptors (Lipinski definition) is 3. The van der Waals surface area contributed by atoms with Gasteiger partial charge in [0, 0.05) is 18.1 Å². The van der Waals surface area contributed by atoms with E-state index in [2.05, 4.69) is 63.4 Å². The van der Waals surface area contributed by atoms with Crippen molar-refractivity contribution in [1.82, 2.24) is 4.98 Å². The molecular weight excluding hydrogens is 296 g/mol. The van der Waals surface area contributed by atoms with Gasteiger partial charge in [0.05, 0.1) is 10.5 Å². The molecule has 0 spiro atoms. The highest BCUT2D eigenvalue weighted by atomic mass is 79.9. The summed E-state index contributed by atoms with van der Waals surface area (Å²) in [7, 11) is 2.08. The van der Waals surface area contributed by atoms with Gasteiger partial charge < -0.3 is 4.90 Å². The molecule has 2 aromatic heterocycles. The minimum atomic E-state index is 0.335. The fraction of sp³-hybridized carbons (Fsp3) is 0.308. The van der Waals surface area contributed by atoms with Crippen LogP contribution >= 0.6 is 27.3 Å². The second kappa shape index (κ2) is 5.19. The Morgan fingerprint density at radius 2 is 2.24 bits per heavy atom. The summed E-state index contributed by atoms with van der Waals surface area (Å²) < 4.78 is 1.04. The van der Waals surface area contributed by atoms with Gasteiger partial charge in [0.2, 0.25) is 0 Å². The van der Waals surface area contributed by atoms with E-state index in [1.54, 1.807) is 11.3 Å². The summed E-state index contributed by atoms with van der Waals surface area (Å²) in [4.78, 5) is 8.03.